The summed E-state index contributed by atoms with van der Waals surface area (Å²) < 4.78 is 17.9. The van der Waals surface area contributed by atoms with E-state index in [1.807, 2.05) is 55.5 Å². The van der Waals surface area contributed by atoms with E-state index in [0.717, 1.165) is 67.3 Å². The van der Waals surface area contributed by atoms with Crippen molar-refractivity contribution in [3.8, 4) is 5.75 Å². The summed E-state index contributed by atoms with van der Waals surface area (Å²) in [6.07, 6.45) is 3.49. The highest BCUT2D eigenvalue weighted by atomic mass is 16.5. The highest BCUT2D eigenvalue weighted by molar-refractivity contribution is 5.94. The van der Waals surface area contributed by atoms with Gasteiger partial charge in [-0.25, -0.2) is 0 Å². The largest absolute Gasteiger partial charge is 0.507 e. The number of ether oxygens (including phenoxy) is 3. The molecule has 216 valence electrons. The normalized spacial score (nSPS) is 21.2. The van der Waals surface area contributed by atoms with Gasteiger partial charge in [0, 0.05) is 62.8 Å². The molecule has 8 nitrogen and oxygen atoms in total. The third-order valence-electron chi connectivity index (χ3n) is 7.35. The Kier molecular flexibility index (Phi) is 10.7. The van der Waals surface area contributed by atoms with Crippen LogP contribution >= 0.6 is 0 Å². The number of aromatic hydroxyl groups is 1. The number of para-hydroxylation sites is 2. The Hall–Kier alpha value is -3.40. The van der Waals surface area contributed by atoms with Crippen molar-refractivity contribution in [1.29, 1.82) is 0 Å². The number of hydrogen-bond donors (Lipinski definition) is 1. The fraction of sp³-hybridized carbons (Fsp3) is 0.394. The second-order valence-electron chi connectivity index (χ2n) is 10.5. The number of nitrogens with zero attached hydrogens (tertiary/aromatic N) is 4. The van der Waals surface area contributed by atoms with E-state index in [2.05, 4.69) is 21.9 Å². The molecule has 2 heterocycles. The van der Waals surface area contributed by atoms with Crippen molar-refractivity contribution in [3.05, 3.63) is 88.5 Å². The van der Waals surface area contributed by atoms with Crippen LogP contribution in [0.2, 0.25) is 0 Å². The van der Waals surface area contributed by atoms with Crippen LogP contribution in [0.3, 0.4) is 0 Å². The Labute approximate surface area is 242 Å². The number of phenols is 1. The lowest BCUT2D eigenvalue weighted by Gasteiger charge is -2.24. The molecule has 0 saturated carbocycles. The molecule has 5 rings (SSSR count). The minimum absolute atomic E-state index is 0.167. The first-order valence-corrected chi connectivity index (χ1v) is 14.4. The van der Waals surface area contributed by atoms with Crippen LogP contribution in [0.5, 0.6) is 5.75 Å². The summed E-state index contributed by atoms with van der Waals surface area (Å²) in [6.45, 7) is 10.3. The van der Waals surface area contributed by atoms with Crippen molar-refractivity contribution in [3.63, 3.8) is 0 Å². The van der Waals surface area contributed by atoms with Gasteiger partial charge in [0.1, 0.15) is 5.75 Å². The van der Waals surface area contributed by atoms with Crippen molar-refractivity contribution in [1.82, 2.24) is 9.80 Å². The van der Waals surface area contributed by atoms with Gasteiger partial charge in [0.25, 0.3) is 0 Å². The first-order chi connectivity index (χ1) is 20.2. The Morgan fingerprint density at radius 2 is 1.02 bits per heavy atom. The van der Waals surface area contributed by atoms with E-state index in [1.54, 1.807) is 12.4 Å². The van der Waals surface area contributed by atoms with Gasteiger partial charge in [-0.05, 0) is 47.9 Å². The molecular formula is C33H40N4O4. The number of aliphatic imine (C=N–C) groups is 2. The van der Waals surface area contributed by atoms with Crippen LogP contribution < -0.4 is 0 Å². The van der Waals surface area contributed by atoms with Crippen LogP contribution in [0, 0.1) is 6.92 Å². The molecule has 0 radical (unpaired) electrons. The summed E-state index contributed by atoms with van der Waals surface area (Å²) >= 11 is 0. The van der Waals surface area contributed by atoms with Crippen molar-refractivity contribution in [2.45, 2.75) is 20.0 Å². The maximum Gasteiger partial charge on any atom is 0.133 e. The van der Waals surface area contributed by atoms with Crippen LogP contribution in [0.4, 0.5) is 11.4 Å². The molecule has 2 atom stereocenters. The van der Waals surface area contributed by atoms with Crippen molar-refractivity contribution in [2.24, 2.45) is 9.98 Å². The van der Waals surface area contributed by atoms with E-state index in [-0.39, 0.29) is 5.75 Å². The molecule has 3 aromatic carbocycles. The monoisotopic (exact) mass is 556 g/mol. The van der Waals surface area contributed by atoms with E-state index in [4.69, 9.17) is 24.2 Å². The third-order valence-corrected chi connectivity index (χ3v) is 7.35. The van der Waals surface area contributed by atoms with E-state index in [1.165, 1.54) is 0 Å². The van der Waals surface area contributed by atoms with Crippen molar-refractivity contribution in [2.75, 3.05) is 65.8 Å². The van der Waals surface area contributed by atoms with Gasteiger partial charge in [-0.1, -0.05) is 36.4 Å². The number of rotatable bonds is 0. The number of fused-ring (bicyclic) bond motifs is 10. The predicted molar refractivity (Wildman–Crippen MR) is 163 cm³/mol. The van der Waals surface area contributed by atoms with Crippen molar-refractivity contribution >= 4 is 23.8 Å². The Bertz CT molecular complexity index is 1250. The number of benzene rings is 3. The SMILES string of the molecule is Cc1cc2c(O)c(c1)C=Nc1ccccc1CN1CCOCCOCCN(CCOCC1)Cc1ccccc1N=C2. The summed E-state index contributed by atoms with van der Waals surface area (Å²) in [5.41, 5.74) is 6.30. The number of phenolic OH excluding ortho intramolecular Hbond substituents is 1. The summed E-state index contributed by atoms with van der Waals surface area (Å²) in [5, 5.41) is 11.2. The fourth-order valence-electron chi connectivity index (χ4n) is 5.07. The molecular weight excluding hydrogens is 516 g/mol. The lowest BCUT2D eigenvalue weighted by atomic mass is 10.1. The maximum absolute atomic E-state index is 11.2. The van der Waals surface area contributed by atoms with Crippen LogP contribution in [0.1, 0.15) is 27.8 Å². The van der Waals surface area contributed by atoms with Crippen LogP contribution in [0.25, 0.3) is 0 Å². The van der Waals surface area contributed by atoms with Crippen LogP contribution in [-0.2, 0) is 27.3 Å². The first kappa shape index (κ1) is 29.1. The van der Waals surface area contributed by atoms with E-state index >= 15 is 0 Å². The Balaban J connectivity index is 1.54. The lowest BCUT2D eigenvalue weighted by Crippen LogP contribution is -2.33. The van der Waals surface area contributed by atoms with Gasteiger partial charge in [-0.3, -0.25) is 19.8 Å². The van der Waals surface area contributed by atoms with Gasteiger partial charge >= 0.3 is 0 Å². The topological polar surface area (TPSA) is 79.1 Å². The summed E-state index contributed by atoms with van der Waals surface area (Å²) in [4.78, 5) is 14.3. The highest BCUT2D eigenvalue weighted by Gasteiger charge is 2.14. The molecule has 2 aliphatic rings. The fourth-order valence-corrected chi connectivity index (χ4v) is 5.07. The van der Waals surface area contributed by atoms with Gasteiger partial charge in [-0.15, -0.1) is 0 Å². The molecule has 8 heteroatoms. The third kappa shape index (κ3) is 8.55. The zero-order valence-electron chi connectivity index (χ0n) is 23.9. The number of aryl methyl sites for hydroxylation is 1. The predicted octanol–water partition coefficient (Wildman–Crippen LogP) is 4.88. The summed E-state index contributed by atoms with van der Waals surface area (Å²) in [7, 11) is 0. The smallest absolute Gasteiger partial charge is 0.133 e. The standard InChI is InChI=1S/C33H40N4O4/c1-26-20-29-22-34-31-8-4-2-6-27(31)24-36-10-14-39-15-11-37(13-17-41-19-18-40-16-12-36)25-28-7-3-5-9-32(28)35-23-30(21-26)33(29)38/h2-9,20-23,38H,10-19,24-25H2,1H3. The lowest BCUT2D eigenvalue weighted by molar-refractivity contribution is 0.0311. The van der Waals surface area contributed by atoms with Crippen LogP contribution in [-0.4, -0.2) is 93.2 Å². The molecule has 1 saturated heterocycles. The first-order valence-electron chi connectivity index (χ1n) is 14.4. The average Bonchev–Trinajstić information content (AvgIpc) is 2.98. The number of hydrogen-bond acceptors (Lipinski definition) is 8. The maximum atomic E-state index is 11.2. The molecule has 2 aliphatic heterocycles. The molecule has 1 N–H and O–H groups in total. The molecule has 4 bridgehead atoms. The molecule has 1 fully saturated rings. The molecule has 0 spiro atoms. The Morgan fingerprint density at radius 3 is 1.49 bits per heavy atom. The quantitative estimate of drug-likeness (QED) is 0.398. The van der Waals surface area contributed by atoms with Crippen molar-refractivity contribution < 1.29 is 19.3 Å². The zero-order chi connectivity index (χ0) is 28.3. The van der Waals surface area contributed by atoms with Gasteiger partial charge in [0.2, 0.25) is 0 Å². The van der Waals surface area contributed by atoms with Gasteiger partial charge in [0.15, 0.2) is 0 Å². The van der Waals surface area contributed by atoms with E-state index in [9.17, 15) is 5.11 Å². The minimum Gasteiger partial charge on any atom is -0.507 e. The Morgan fingerprint density at radius 1 is 0.610 bits per heavy atom. The van der Waals surface area contributed by atoms with Gasteiger partial charge in [0.05, 0.1) is 51.0 Å². The molecule has 3 aromatic rings. The van der Waals surface area contributed by atoms with Crippen LogP contribution in [0.15, 0.2) is 70.6 Å². The molecule has 2 unspecified atom stereocenters. The van der Waals surface area contributed by atoms with Gasteiger partial charge < -0.3 is 19.3 Å². The highest BCUT2D eigenvalue weighted by Crippen LogP contribution is 2.27. The van der Waals surface area contributed by atoms with Gasteiger partial charge in [-0.2, -0.15) is 0 Å². The molecule has 0 aromatic heterocycles. The second kappa shape index (κ2) is 15.0. The average molecular weight is 557 g/mol. The molecule has 41 heavy (non-hydrogen) atoms. The second-order valence-corrected chi connectivity index (χ2v) is 10.5. The van der Waals surface area contributed by atoms with E-state index < -0.39 is 0 Å². The zero-order valence-corrected chi connectivity index (χ0v) is 23.9. The van der Waals surface area contributed by atoms with E-state index in [0.29, 0.717) is 50.8 Å². The molecule has 0 aliphatic carbocycles. The minimum atomic E-state index is 0.167. The molecule has 0 amide bonds. The summed E-state index contributed by atoms with van der Waals surface area (Å²) in [6, 6.07) is 20.2. The summed E-state index contributed by atoms with van der Waals surface area (Å²) in [5.74, 6) is 0.167.